The van der Waals surface area contributed by atoms with Gasteiger partial charge in [-0.25, -0.2) is 0 Å². The molecule has 0 aliphatic rings. The minimum atomic E-state index is -10.0. The van der Waals surface area contributed by atoms with Crippen molar-refractivity contribution in [2.75, 3.05) is 7.11 Å². The Morgan fingerprint density at radius 2 is 0.411 bits per heavy atom. The van der Waals surface area contributed by atoms with Crippen molar-refractivity contribution in [2.45, 2.75) is 99.7 Å². The van der Waals surface area contributed by atoms with E-state index in [1.54, 1.807) is 0 Å². The Morgan fingerprint density at radius 1 is 0.199 bits per heavy atom. The Hall–Kier alpha value is 11.5. The maximum atomic E-state index is 15.1. The molecule has 4 atom stereocenters. The minimum Gasteiger partial charge on any atom is -0.442 e. The number of rotatable bonds is 86. The summed E-state index contributed by atoms with van der Waals surface area (Å²) in [5.41, 5.74) is 0.500. The van der Waals surface area contributed by atoms with E-state index in [4.69, 9.17) is 82.6 Å². The van der Waals surface area contributed by atoms with Crippen LogP contribution < -0.4 is 0 Å². The lowest BCUT2D eigenvalue weighted by molar-refractivity contribution is 0.288. The van der Waals surface area contributed by atoms with Crippen molar-refractivity contribution in [3.8, 4) is 0 Å². The molecule has 0 aromatic rings. The Kier molecular flexibility index (Phi) is 75.2. The molecule has 146 heavy (non-hydrogen) atoms. The molecule has 4 unspecified atom stereocenters. The SMILES string of the molecule is CC(C)(C)C.CO[Si]([SiH3])([SiH2]O)[Si](O[Si](C)(C)O)(O[Si]([Si](O[Si](C)(C)O[Si](C)(C)C)(O[Si](O[Si](O[SiH2]O)([SiH2]O)[SiH2]O)([Si](O[SiH2]O)([SiH2]O)[SiH2]O)[Si](O[SiH2]O)([SiH2]O)[SiH2]O)[Si](O[Si](O[SiH2]O)([SiH2]O)[SiH2]O)([Si](O[SiH2]O)([SiH2]O)[SiH2]O)[Si](O[SiH2]O)([SiH2]O)[SiH2]O)([Si](O[Si](O[SiH2]O)([SiH2]O)[SiH2]O)([Si](O[SiH2]O)([SiH2]O)[SiH2]O)[Si](O[SiH2]O)([SiH2]O)[SiH2]O)[Si](O[Si](O[SiH2]O)([SiH2]O)[SiH2]O)([Si](O[SiH2]O)([SiH2]O)[SiH2]O)[Si](O[SiH2]O)([SiH2]O)[SiH2]O)[Si](O[Si](C)(C)O)([SiH2]O)[Si](C)(C)O. The highest BCUT2D eigenvalue weighted by Crippen LogP contribution is 2.63. The van der Waals surface area contributed by atoms with Gasteiger partial charge in [0.25, 0.3) is 154 Å². The summed E-state index contributed by atoms with van der Waals surface area (Å²) in [4.78, 5) is 570. The molecule has 41 N–H and O–H groups in total. The summed E-state index contributed by atoms with van der Waals surface area (Å²) in [5, 5.41) is 0. The molecule has 0 amide bonds. The predicted molar refractivity (Wildman–Crippen MR) is 696 cm³/mol. The average Bonchev–Trinajstić information content (AvgIpc) is 0.610. The quantitative estimate of drug-likeness (QED) is 0.0251. The van der Waals surface area contributed by atoms with Crippen LogP contribution in [0.25, 0.3) is 0 Å². The van der Waals surface area contributed by atoms with Gasteiger partial charge in [0.1, 0.15) is 0 Å². The van der Waals surface area contributed by atoms with Gasteiger partial charge in [0.05, 0.1) is 0 Å². The molecule has 0 aromatic heterocycles. The van der Waals surface area contributed by atoms with E-state index in [0.717, 1.165) is 59.5 Å². The Bertz CT molecular complexity index is 3370. The van der Waals surface area contributed by atoms with Gasteiger partial charge in [0.15, 0.2) is 175 Å². The average molecular weight is 3220 g/mol. The second-order valence-corrected chi connectivity index (χ2v) is 419. The fourth-order valence-corrected chi connectivity index (χ4v) is 1350. The van der Waals surface area contributed by atoms with Gasteiger partial charge in [-0.05, 0) is 77.4 Å². The Labute approximate surface area is 954 Å². The summed E-state index contributed by atoms with van der Waals surface area (Å²) in [5.74, 6) is 0. The molecule has 64 nitrogen and oxygen atoms in total. The van der Waals surface area contributed by atoms with E-state index in [0.29, 0.717) is 5.41 Å². The molecular formula is C17H168O64Si65. The highest BCUT2D eigenvalue weighted by Gasteiger charge is 3.09. The smallest absolute Gasteiger partial charge is 0.338 e. The van der Waals surface area contributed by atoms with Crippen molar-refractivity contribution < 1.29 is 292 Å². The first-order valence-electron chi connectivity index (χ1n) is 44.2. The van der Waals surface area contributed by atoms with Crippen LogP contribution in [0.4, 0.5) is 0 Å². The van der Waals surface area contributed by atoms with Crippen molar-refractivity contribution in [3.63, 3.8) is 0 Å². The van der Waals surface area contributed by atoms with Gasteiger partial charge in [0, 0.05) is 16.9 Å². The van der Waals surface area contributed by atoms with Crippen molar-refractivity contribution >= 4 is 562 Å². The maximum Gasteiger partial charge on any atom is 0.338 e. The van der Waals surface area contributed by atoms with Crippen molar-refractivity contribution in [3.05, 3.63) is 0 Å². The van der Waals surface area contributed by atoms with Crippen molar-refractivity contribution in [1.82, 2.24) is 0 Å². The third-order valence-corrected chi connectivity index (χ3v) is 723. The van der Waals surface area contributed by atoms with Gasteiger partial charge in [-0.2, -0.15) is 0 Å². The van der Waals surface area contributed by atoms with Crippen LogP contribution >= 0.6 is 0 Å². The van der Waals surface area contributed by atoms with Crippen LogP contribution in [0.3, 0.4) is 0 Å². The summed E-state index contributed by atoms with van der Waals surface area (Å²) in [6.07, 6.45) is 0. The lowest BCUT2D eigenvalue weighted by atomic mass is 10.0. The highest BCUT2D eigenvalue weighted by molar-refractivity contribution is 8.35. The van der Waals surface area contributed by atoms with Crippen LogP contribution in [0.2, 0.25) is 72.0 Å². The first-order valence-corrected chi connectivity index (χ1v) is 209. The first kappa shape index (κ1) is 160. The standard InChI is InChI=1S/C12H156O64Si65.C5H12/c1-54-128(77,98-33)125(68-117(5,6)51,137(115-50,119(9,10)53)69-118(7,8)52)76-139(140(133(107-42,108-43)63-86-21,134(109-44,110-45)64-87-22)73-123(94-29,95-30)57-80-15,141(135(111-46,112-47)65-88-23,136(113-48,114-49)66-89-24)74-124(96-31,97-32)58-81-16)127(70-120(11,12)67-116(2,3)4,138(131(103-38,104-39)61-84-19,132(105-40,106-41)62-85-20)72-122(92-27,93-28)56-79-14)75-126(129(99-34,100-35)59-82-17,130(101-36,102-37)60-83-18)71-121(90-25,91-26)55-78-13;1-5(2,3)4/h13-53H,78-115H2,1-12,77H3;1-4H3. The number of hydrogen-bond donors (Lipinski definition) is 41. The second-order valence-electron chi connectivity index (χ2n) is 37.8. The fourth-order valence-electron chi connectivity index (χ4n) is 17.7. The summed E-state index contributed by atoms with van der Waals surface area (Å²) < 4.78 is 178. The van der Waals surface area contributed by atoms with Crippen molar-refractivity contribution in [1.29, 1.82) is 0 Å². The molecule has 0 heterocycles. The molecule has 0 saturated carbocycles. The van der Waals surface area contributed by atoms with Gasteiger partial charge in [-0.15, -0.1) is 0 Å². The molecule has 0 rings (SSSR count). The Balaban J connectivity index is 0. The zero-order valence-corrected chi connectivity index (χ0v) is 167. The number of hydrogen-bond acceptors (Lipinski definition) is 64. The lowest BCUT2D eigenvalue weighted by Crippen LogP contribution is -3.22. The fraction of sp³-hybridized carbons (Fsp3) is 1.00. The van der Waals surface area contributed by atoms with E-state index in [1.807, 2.05) is 0 Å². The topological polar surface area (TPSA) is 1040 Å². The zero-order chi connectivity index (χ0) is 115. The molecular weight excluding hydrogens is 3050 g/mol. The summed E-state index contributed by atoms with van der Waals surface area (Å²) in [7, 11) is -245. The Morgan fingerprint density at radius 3 is 0.589 bits per heavy atom. The molecule has 0 aliphatic carbocycles. The van der Waals surface area contributed by atoms with Crippen LogP contribution in [0.1, 0.15) is 27.7 Å². The largest absolute Gasteiger partial charge is 0.442 e. The van der Waals surface area contributed by atoms with E-state index in [1.165, 1.54) is 19.6 Å². The second kappa shape index (κ2) is 68.8. The minimum absolute atomic E-state index is 0.500. The molecule has 0 bridgehead atoms. The monoisotopic (exact) mass is 3220 g/mol. The van der Waals surface area contributed by atoms with Gasteiger partial charge in [0.2, 0.25) is 144 Å². The van der Waals surface area contributed by atoms with E-state index in [2.05, 4.69) is 27.7 Å². The van der Waals surface area contributed by atoms with Crippen LogP contribution in [0.15, 0.2) is 0 Å². The highest BCUT2D eigenvalue weighted by atomic mass is 30.6. The van der Waals surface area contributed by atoms with Gasteiger partial charge < -0.3 is 292 Å². The van der Waals surface area contributed by atoms with Crippen LogP contribution in [-0.4, -0.2) is 766 Å². The molecule has 129 heteroatoms. The van der Waals surface area contributed by atoms with Crippen LogP contribution in [0, 0.1) is 5.41 Å². The van der Waals surface area contributed by atoms with E-state index in [-0.39, 0.29) is 0 Å². The van der Waals surface area contributed by atoms with Gasteiger partial charge in [-0.3, -0.25) is 0 Å². The maximum absolute atomic E-state index is 15.1. The molecule has 0 saturated heterocycles. The van der Waals surface area contributed by atoms with Crippen molar-refractivity contribution in [2.24, 2.45) is 5.41 Å². The summed E-state index contributed by atoms with van der Waals surface area (Å²) >= 11 is 0. The molecule has 0 fully saturated rings. The predicted octanol–water partition coefficient (Wildman–Crippen LogP) is -61.7. The molecule has 0 radical (unpaired) electrons. The van der Waals surface area contributed by atoms with Gasteiger partial charge >= 0.3 is 78.9 Å². The summed E-state index contributed by atoms with van der Waals surface area (Å²) in [6.45, 7) is -87.9. The summed E-state index contributed by atoms with van der Waals surface area (Å²) in [6, 6.07) is 0. The normalized spacial score (nSPS) is 25.1. The third kappa shape index (κ3) is 33.0. The third-order valence-electron chi connectivity index (χ3n) is 23.9. The first-order chi connectivity index (χ1) is 67.7. The zero-order valence-electron chi connectivity index (χ0n) is 85.1. The van der Waals surface area contributed by atoms with E-state index < -0.39 is 562 Å². The van der Waals surface area contributed by atoms with Crippen LogP contribution in [-0.2, 0) is 95.0 Å². The van der Waals surface area contributed by atoms with Gasteiger partial charge in [-0.1, -0.05) is 27.7 Å². The van der Waals surface area contributed by atoms with E-state index >= 15 is 4.80 Å². The molecule has 880 valence electrons. The lowest BCUT2D eigenvalue weighted by Gasteiger charge is -2.78. The molecule has 0 spiro atoms. The molecule has 0 aromatic carbocycles. The van der Waals surface area contributed by atoms with E-state index in [9.17, 15) is 204 Å². The van der Waals surface area contributed by atoms with Crippen LogP contribution in [0.5, 0.6) is 0 Å². The molecule has 0 aliphatic heterocycles.